The second-order valence-corrected chi connectivity index (χ2v) is 8.84. The molecule has 0 heterocycles. The van der Waals surface area contributed by atoms with Crippen LogP contribution in [-0.2, 0) is 0 Å². The molecule has 1 nitrogen and oxygen atoms in total. The van der Waals surface area contributed by atoms with E-state index < -0.39 is 0 Å². The van der Waals surface area contributed by atoms with E-state index in [1.54, 1.807) is 0 Å². The van der Waals surface area contributed by atoms with Crippen molar-refractivity contribution >= 4 is 0 Å². The molecule has 1 atom stereocenters. The zero-order valence-electron chi connectivity index (χ0n) is 19.3. The summed E-state index contributed by atoms with van der Waals surface area (Å²) in [5, 5.41) is 0. The van der Waals surface area contributed by atoms with Crippen LogP contribution in [0, 0.1) is 0 Å². The highest BCUT2D eigenvalue weighted by molar-refractivity contribution is 4.65. The van der Waals surface area contributed by atoms with E-state index in [1.165, 1.54) is 127 Å². The van der Waals surface area contributed by atoms with Crippen molar-refractivity contribution in [1.82, 2.24) is 0 Å². The Hall–Kier alpha value is -0.0100. The summed E-state index contributed by atoms with van der Waals surface area (Å²) in [5.41, 5.74) is 0. The van der Waals surface area contributed by atoms with Crippen molar-refractivity contribution in [3.63, 3.8) is 0 Å². The summed E-state index contributed by atoms with van der Waals surface area (Å²) in [4.78, 5) is 0. The molecule has 0 amide bonds. The van der Waals surface area contributed by atoms with Gasteiger partial charge in [-0.05, 0) is 31.8 Å². The van der Waals surface area contributed by atoms with Gasteiger partial charge in [0.1, 0.15) is 0 Å². The summed E-state index contributed by atoms with van der Waals surface area (Å²) in [6.07, 6.45) is 26.4. The fraction of sp³-hybridized carbons (Fsp3) is 0.920. The second kappa shape index (κ2) is 22.3. The maximum absolute atomic E-state index is 4.01. The molecular formula is C25H52ClN. The predicted molar refractivity (Wildman–Crippen MR) is 121 cm³/mol. The van der Waals surface area contributed by atoms with Crippen molar-refractivity contribution in [1.29, 1.82) is 0 Å². The molecule has 0 N–H and O–H groups in total. The van der Waals surface area contributed by atoms with Gasteiger partial charge in [0, 0.05) is 0 Å². The van der Waals surface area contributed by atoms with E-state index in [4.69, 9.17) is 0 Å². The molecule has 2 heteroatoms. The molecule has 0 spiro atoms. The Labute approximate surface area is 179 Å². The van der Waals surface area contributed by atoms with Gasteiger partial charge in [-0.2, -0.15) is 0 Å². The first-order chi connectivity index (χ1) is 12.7. The second-order valence-electron chi connectivity index (χ2n) is 8.84. The Morgan fingerprint density at radius 2 is 0.852 bits per heavy atom. The number of halogens is 1. The van der Waals surface area contributed by atoms with Crippen LogP contribution in [0.25, 0.3) is 0 Å². The maximum atomic E-state index is 4.01. The van der Waals surface area contributed by atoms with E-state index >= 15 is 0 Å². The molecule has 0 radical (unpaired) electrons. The van der Waals surface area contributed by atoms with Crippen LogP contribution in [-0.4, -0.2) is 31.2 Å². The first-order valence-electron chi connectivity index (χ1n) is 12.1. The Morgan fingerprint density at radius 1 is 0.556 bits per heavy atom. The number of hydrogen-bond acceptors (Lipinski definition) is 0. The first-order valence-corrected chi connectivity index (χ1v) is 12.1. The van der Waals surface area contributed by atoms with Gasteiger partial charge < -0.3 is 16.9 Å². The van der Waals surface area contributed by atoms with Crippen LogP contribution in [0.2, 0.25) is 0 Å². The number of likely N-dealkylation sites (N-methyl/N-ethyl adjacent to an activating group) is 1. The lowest BCUT2D eigenvalue weighted by atomic mass is 10.1. The van der Waals surface area contributed by atoms with Crippen molar-refractivity contribution < 1.29 is 16.9 Å². The smallest absolute Gasteiger partial charge is 0.0969 e. The monoisotopic (exact) mass is 401 g/mol. The average Bonchev–Trinajstić information content (AvgIpc) is 2.63. The zero-order chi connectivity index (χ0) is 19.3. The number of hydrogen-bond donors (Lipinski definition) is 0. The molecule has 0 bridgehead atoms. The van der Waals surface area contributed by atoms with Crippen LogP contribution in [0.3, 0.4) is 0 Å². The molecule has 0 aliphatic heterocycles. The standard InChI is InChI=1S/C25H52N.ClH/c1-5-8-10-12-14-15-16-18-20-22-25-26(4,23-7-3)24-21-19-17-13-11-9-6-2;/h7H,3,5-6,8-25H2,1-2,4H3;1H/q+1;/p-1. The normalized spacial score (nSPS) is 13.1. The van der Waals surface area contributed by atoms with Crippen LogP contribution < -0.4 is 12.4 Å². The van der Waals surface area contributed by atoms with Gasteiger partial charge in [-0.25, -0.2) is 0 Å². The van der Waals surface area contributed by atoms with E-state index in [1.807, 2.05) is 0 Å². The summed E-state index contributed by atoms with van der Waals surface area (Å²) >= 11 is 0. The third-order valence-corrected chi connectivity index (χ3v) is 5.92. The summed E-state index contributed by atoms with van der Waals surface area (Å²) in [5.74, 6) is 0. The van der Waals surface area contributed by atoms with E-state index in [0.717, 1.165) is 6.54 Å². The highest BCUT2D eigenvalue weighted by Crippen LogP contribution is 2.15. The summed E-state index contributed by atoms with van der Waals surface area (Å²) in [6.45, 7) is 12.4. The van der Waals surface area contributed by atoms with Crippen LogP contribution in [0.15, 0.2) is 12.7 Å². The van der Waals surface area contributed by atoms with Crippen molar-refractivity contribution in [3.05, 3.63) is 12.7 Å². The van der Waals surface area contributed by atoms with Gasteiger partial charge in [0.05, 0.1) is 26.7 Å². The minimum atomic E-state index is 0. The molecule has 1 unspecified atom stereocenters. The summed E-state index contributed by atoms with van der Waals surface area (Å²) in [6, 6.07) is 0. The Bertz CT molecular complexity index is 292. The Kier molecular flexibility index (Phi) is 24.1. The van der Waals surface area contributed by atoms with Crippen molar-refractivity contribution in [2.24, 2.45) is 0 Å². The maximum Gasteiger partial charge on any atom is 0.0969 e. The fourth-order valence-corrected chi connectivity index (χ4v) is 4.04. The molecule has 27 heavy (non-hydrogen) atoms. The SMILES string of the molecule is C=CC[N+](C)(CCCCCCCCC)CCCCCCCCCCCC.[Cl-]. The van der Waals surface area contributed by atoms with Crippen LogP contribution in [0.1, 0.15) is 123 Å². The number of rotatable bonds is 21. The van der Waals surface area contributed by atoms with Gasteiger partial charge in [-0.3, -0.25) is 0 Å². The lowest BCUT2D eigenvalue weighted by Crippen LogP contribution is -3.00. The molecular weight excluding hydrogens is 350 g/mol. The van der Waals surface area contributed by atoms with E-state index in [9.17, 15) is 0 Å². The summed E-state index contributed by atoms with van der Waals surface area (Å²) in [7, 11) is 2.45. The highest BCUT2D eigenvalue weighted by Gasteiger charge is 2.18. The molecule has 0 saturated heterocycles. The van der Waals surface area contributed by atoms with E-state index in [-0.39, 0.29) is 12.4 Å². The van der Waals surface area contributed by atoms with E-state index in [0.29, 0.717) is 0 Å². The Morgan fingerprint density at radius 3 is 1.15 bits per heavy atom. The molecule has 0 aromatic carbocycles. The van der Waals surface area contributed by atoms with Gasteiger partial charge in [-0.1, -0.05) is 104 Å². The molecule has 0 rings (SSSR count). The Balaban J connectivity index is 0. The van der Waals surface area contributed by atoms with Crippen molar-refractivity contribution in [2.75, 3.05) is 26.7 Å². The highest BCUT2D eigenvalue weighted by atomic mass is 35.5. The minimum absolute atomic E-state index is 0. The number of unbranched alkanes of at least 4 members (excludes halogenated alkanes) is 15. The van der Waals surface area contributed by atoms with Gasteiger partial charge in [0.25, 0.3) is 0 Å². The largest absolute Gasteiger partial charge is 1.00 e. The van der Waals surface area contributed by atoms with Crippen LogP contribution in [0.5, 0.6) is 0 Å². The van der Waals surface area contributed by atoms with Crippen LogP contribution in [0.4, 0.5) is 0 Å². The molecule has 0 fully saturated rings. The number of quaternary nitrogens is 1. The number of nitrogens with zero attached hydrogens (tertiary/aromatic N) is 1. The topological polar surface area (TPSA) is 0 Å². The van der Waals surface area contributed by atoms with Gasteiger partial charge >= 0.3 is 0 Å². The third-order valence-electron chi connectivity index (χ3n) is 5.92. The van der Waals surface area contributed by atoms with Gasteiger partial charge in [0.15, 0.2) is 0 Å². The molecule has 0 aromatic heterocycles. The van der Waals surface area contributed by atoms with Crippen LogP contribution >= 0.6 is 0 Å². The lowest BCUT2D eigenvalue weighted by Gasteiger charge is -2.34. The minimum Gasteiger partial charge on any atom is -1.00 e. The van der Waals surface area contributed by atoms with Crippen molar-refractivity contribution in [3.8, 4) is 0 Å². The zero-order valence-corrected chi connectivity index (χ0v) is 20.0. The molecule has 0 aliphatic carbocycles. The summed E-state index contributed by atoms with van der Waals surface area (Å²) < 4.78 is 1.22. The first kappa shape index (κ1) is 29.2. The average molecular weight is 402 g/mol. The molecule has 164 valence electrons. The third kappa shape index (κ3) is 20.5. The van der Waals surface area contributed by atoms with E-state index in [2.05, 4.69) is 33.6 Å². The quantitative estimate of drug-likeness (QED) is 0.139. The fourth-order valence-electron chi connectivity index (χ4n) is 4.04. The van der Waals surface area contributed by atoms with Gasteiger partial charge in [-0.15, -0.1) is 0 Å². The molecule has 0 saturated carbocycles. The molecule has 0 aromatic rings. The molecule has 0 aliphatic rings. The van der Waals surface area contributed by atoms with Crippen molar-refractivity contribution in [2.45, 2.75) is 123 Å². The predicted octanol–water partition coefficient (Wildman–Crippen LogP) is 5.29. The lowest BCUT2D eigenvalue weighted by molar-refractivity contribution is -0.904. The van der Waals surface area contributed by atoms with Gasteiger partial charge in [0.2, 0.25) is 0 Å².